The zero-order valence-corrected chi connectivity index (χ0v) is 16.9. The Kier molecular flexibility index (Phi) is 6.35. The molecule has 9 heteroatoms. The van der Waals surface area contributed by atoms with Crippen LogP contribution in [0.2, 0.25) is 0 Å². The van der Waals surface area contributed by atoms with E-state index in [9.17, 15) is 9.90 Å². The largest absolute Gasteiger partial charge is 0.394 e. The van der Waals surface area contributed by atoms with Crippen LogP contribution in [-0.4, -0.2) is 55.2 Å². The Balaban J connectivity index is 1.43. The number of aliphatic hydroxyl groups excluding tert-OH is 1. The van der Waals surface area contributed by atoms with E-state index in [0.717, 1.165) is 42.0 Å². The van der Waals surface area contributed by atoms with Gasteiger partial charge in [-0.05, 0) is 49.7 Å². The fraction of sp³-hybridized carbons (Fsp3) is 0.476. The van der Waals surface area contributed by atoms with E-state index in [0.29, 0.717) is 13.0 Å². The number of carbonyl (C=O) groups is 1. The standard InChI is InChI=1S/C21H30N6O3/c22-6-1-7-24-10-13-2-4-15(5-3-13)27-11-14-8-17(25-20(14)26-21(27)29)18-9-16(23)19(12-28)30-18/h2-5,8,11,16,18-20,24-25,28H,1,6-7,9-10,12,22-23H2,(H,26,29). The molecule has 0 aliphatic carbocycles. The number of hydrogen-bond acceptors (Lipinski definition) is 7. The van der Waals surface area contributed by atoms with Crippen LogP contribution >= 0.6 is 0 Å². The Morgan fingerprint density at radius 3 is 2.77 bits per heavy atom. The Morgan fingerprint density at radius 1 is 1.27 bits per heavy atom. The van der Waals surface area contributed by atoms with Crippen LogP contribution in [0.1, 0.15) is 18.4 Å². The molecule has 1 aromatic rings. The molecule has 8 N–H and O–H groups in total. The Labute approximate surface area is 176 Å². The highest BCUT2D eigenvalue weighted by atomic mass is 16.5. The summed E-state index contributed by atoms with van der Waals surface area (Å²) in [4.78, 5) is 14.3. The minimum atomic E-state index is -0.358. The first kappa shape index (κ1) is 20.8. The van der Waals surface area contributed by atoms with Crippen LogP contribution in [0.15, 0.2) is 47.8 Å². The van der Waals surface area contributed by atoms with Crippen LogP contribution in [0.3, 0.4) is 0 Å². The van der Waals surface area contributed by atoms with Gasteiger partial charge in [0.2, 0.25) is 0 Å². The first-order chi connectivity index (χ1) is 14.6. The smallest absolute Gasteiger partial charge is 0.327 e. The van der Waals surface area contributed by atoms with E-state index >= 15 is 0 Å². The van der Waals surface area contributed by atoms with Crippen LogP contribution < -0.4 is 32.3 Å². The normalized spacial score (nSPS) is 28.0. The maximum absolute atomic E-state index is 12.6. The summed E-state index contributed by atoms with van der Waals surface area (Å²) in [6, 6.07) is 7.51. The lowest BCUT2D eigenvalue weighted by Crippen LogP contribution is -2.52. The molecule has 1 aromatic carbocycles. The van der Waals surface area contributed by atoms with Crippen molar-refractivity contribution in [2.24, 2.45) is 11.5 Å². The predicted molar refractivity (Wildman–Crippen MR) is 114 cm³/mol. The first-order valence-corrected chi connectivity index (χ1v) is 10.4. The summed E-state index contributed by atoms with van der Waals surface area (Å²) < 4.78 is 5.84. The molecule has 9 nitrogen and oxygen atoms in total. The van der Waals surface area contributed by atoms with Gasteiger partial charge in [-0.3, -0.25) is 4.90 Å². The highest BCUT2D eigenvalue weighted by molar-refractivity contribution is 5.96. The summed E-state index contributed by atoms with van der Waals surface area (Å²) in [6.45, 7) is 2.24. The molecular weight excluding hydrogens is 384 g/mol. The second kappa shape index (κ2) is 9.15. The second-order valence-corrected chi connectivity index (χ2v) is 7.86. The van der Waals surface area contributed by atoms with Crippen LogP contribution in [-0.2, 0) is 11.3 Å². The van der Waals surface area contributed by atoms with Crippen molar-refractivity contribution in [2.75, 3.05) is 24.6 Å². The van der Waals surface area contributed by atoms with E-state index < -0.39 is 0 Å². The topological polar surface area (TPSA) is 138 Å². The van der Waals surface area contributed by atoms with E-state index in [4.69, 9.17) is 16.2 Å². The van der Waals surface area contributed by atoms with Crippen molar-refractivity contribution in [3.63, 3.8) is 0 Å². The fourth-order valence-corrected chi connectivity index (χ4v) is 3.94. The number of nitrogens with one attached hydrogen (secondary N) is 3. The van der Waals surface area contributed by atoms with Gasteiger partial charge in [0.25, 0.3) is 0 Å². The molecule has 0 spiro atoms. The average molecular weight is 415 g/mol. The lowest BCUT2D eigenvalue weighted by molar-refractivity contribution is 0.0199. The van der Waals surface area contributed by atoms with Crippen molar-refractivity contribution < 1.29 is 14.6 Å². The molecular formula is C21H30N6O3. The highest BCUT2D eigenvalue weighted by Crippen LogP contribution is 2.30. The minimum absolute atomic E-state index is 0.0971. The molecule has 3 heterocycles. The zero-order chi connectivity index (χ0) is 21.1. The van der Waals surface area contributed by atoms with Gasteiger partial charge in [-0.15, -0.1) is 0 Å². The maximum atomic E-state index is 12.6. The summed E-state index contributed by atoms with van der Waals surface area (Å²) in [6.07, 6.45) is 4.55. The number of rotatable bonds is 8. The van der Waals surface area contributed by atoms with Gasteiger partial charge >= 0.3 is 6.03 Å². The van der Waals surface area contributed by atoms with E-state index in [1.165, 1.54) is 0 Å². The predicted octanol–water partition coefficient (Wildman–Crippen LogP) is -0.171. The molecule has 0 aromatic heterocycles. The van der Waals surface area contributed by atoms with Gasteiger partial charge in [0, 0.05) is 30.1 Å². The summed E-state index contributed by atoms with van der Waals surface area (Å²) in [5, 5.41) is 19.0. The van der Waals surface area contributed by atoms with Crippen molar-refractivity contribution in [1.82, 2.24) is 16.0 Å². The second-order valence-electron chi connectivity index (χ2n) is 7.86. The molecule has 0 bridgehead atoms. The fourth-order valence-electron chi connectivity index (χ4n) is 3.94. The number of nitrogens with zero attached hydrogens (tertiary/aromatic N) is 1. The van der Waals surface area contributed by atoms with Crippen molar-refractivity contribution >= 4 is 11.7 Å². The number of fused-ring (bicyclic) bond motifs is 1. The number of aliphatic hydroxyl groups is 1. The highest BCUT2D eigenvalue weighted by Gasteiger charge is 2.39. The number of hydrogen-bond donors (Lipinski definition) is 6. The lowest BCUT2D eigenvalue weighted by atomic mass is 10.1. The van der Waals surface area contributed by atoms with Gasteiger partial charge in [0.05, 0.1) is 24.5 Å². The Bertz CT molecular complexity index is 825. The number of nitrogens with two attached hydrogens (primary N) is 2. The lowest BCUT2D eigenvalue weighted by Gasteiger charge is -2.29. The van der Waals surface area contributed by atoms with Gasteiger partial charge in [0.15, 0.2) is 0 Å². The van der Waals surface area contributed by atoms with Crippen LogP contribution in [0.5, 0.6) is 0 Å². The summed E-state index contributed by atoms with van der Waals surface area (Å²) in [5.41, 5.74) is 15.3. The van der Waals surface area contributed by atoms with Crippen LogP contribution in [0, 0.1) is 0 Å². The SMILES string of the molecule is NCCCNCc1ccc(N2C=C3C=C(C4CC(N)C(CO)O4)NC3NC2=O)cc1. The average Bonchev–Trinajstić information content (AvgIpc) is 3.33. The third-order valence-electron chi connectivity index (χ3n) is 5.66. The summed E-state index contributed by atoms with van der Waals surface area (Å²) >= 11 is 0. The Hall–Kier alpha value is -2.43. The molecule has 162 valence electrons. The summed E-state index contributed by atoms with van der Waals surface area (Å²) in [7, 11) is 0. The molecule has 4 unspecified atom stereocenters. The van der Waals surface area contributed by atoms with Crippen molar-refractivity contribution in [1.29, 1.82) is 0 Å². The van der Waals surface area contributed by atoms with E-state index in [1.807, 2.05) is 36.5 Å². The van der Waals surface area contributed by atoms with Gasteiger partial charge in [-0.1, -0.05) is 12.1 Å². The molecule has 0 radical (unpaired) electrons. The third kappa shape index (κ3) is 4.35. The Morgan fingerprint density at radius 2 is 2.07 bits per heavy atom. The molecule has 4 rings (SSSR count). The number of benzene rings is 1. The van der Waals surface area contributed by atoms with Crippen molar-refractivity contribution in [3.05, 3.63) is 53.4 Å². The number of urea groups is 1. The maximum Gasteiger partial charge on any atom is 0.327 e. The number of amides is 2. The van der Waals surface area contributed by atoms with Gasteiger partial charge in [-0.25, -0.2) is 4.79 Å². The number of ether oxygens (including phenoxy) is 1. The molecule has 4 atom stereocenters. The number of carbonyl (C=O) groups excluding carboxylic acids is 1. The van der Waals surface area contributed by atoms with Gasteiger partial charge < -0.3 is 37.3 Å². The zero-order valence-electron chi connectivity index (χ0n) is 16.9. The monoisotopic (exact) mass is 414 g/mol. The third-order valence-corrected chi connectivity index (χ3v) is 5.66. The molecule has 3 aliphatic rings. The first-order valence-electron chi connectivity index (χ1n) is 10.4. The minimum Gasteiger partial charge on any atom is -0.394 e. The molecule has 1 fully saturated rings. The molecule has 3 aliphatic heterocycles. The molecule has 1 saturated heterocycles. The van der Waals surface area contributed by atoms with Crippen molar-refractivity contribution in [2.45, 2.75) is 43.8 Å². The van der Waals surface area contributed by atoms with Crippen LogP contribution in [0.25, 0.3) is 0 Å². The van der Waals surface area contributed by atoms with Crippen molar-refractivity contribution in [3.8, 4) is 0 Å². The van der Waals surface area contributed by atoms with E-state index in [1.54, 1.807) is 4.90 Å². The van der Waals surface area contributed by atoms with E-state index in [2.05, 4.69) is 16.0 Å². The van der Waals surface area contributed by atoms with E-state index in [-0.39, 0.29) is 37.1 Å². The van der Waals surface area contributed by atoms with Gasteiger partial charge in [0.1, 0.15) is 6.17 Å². The molecule has 0 saturated carbocycles. The van der Waals surface area contributed by atoms with Gasteiger partial charge in [-0.2, -0.15) is 0 Å². The number of anilines is 1. The summed E-state index contributed by atoms with van der Waals surface area (Å²) in [5.74, 6) is 0. The van der Waals surface area contributed by atoms with Crippen LogP contribution in [0.4, 0.5) is 10.5 Å². The molecule has 30 heavy (non-hydrogen) atoms. The quantitative estimate of drug-likeness (QED) is 0.325. The molecule has 2 amide bonds.